The number of nitro groups is 1. The van der Waals surface area contributed by atoms with Crippen LogP contribution in [0.2, 0.25) is 0 Å². The molecule has 0 bridgehead atoms. The zero-order valence-corrected chi connectivity index (χ0v) is 9.06. The van der Waals surface area contributed by atoms with Gasteiger partial charge in [-0.2, -0.15) is 0 Å². The molecule has 0 aliphatic rings. The molecular weight excluding hydrogens is 212 g/mol. The Morgan fingerprint density at radius 2 is 2.38 bits per heavy atom. The summed E-state index contributed by atoms with van der Waals surface area (Å²) >= 11 is 0. The fraction of sp³-hybridized carbons (Fsp3) is 0.333. The summed E-state index contributed by atoms with van der Waals surface area (Å²) in [5, 5.41) is 13.2. The van der Waals surface area contributed by atoms with E-state index in [2.05, 4.69) is 10.3 Å². The molecule has 2 N–H and O–H groups in total. The van der Waals surface area contributed by atoms with Crippen molar-refractivity contribution in [2.24, 2.45) is 0 Å². The maximum atomic E-state index is 11.1. The smallest absolute Gasteiger partial charge is 0.356 e. The molecule has 16 heavy (non-hydrogen) atoms. The second kappa shape index (κ2) is 5.06. The van der Waals surface area contributed by atoms with Crippen LogP contribution in [0.4, 0.5) is 11.5 Å². The normalized spacial score (nSPS) is 9.62. The van der Waals surface area contributed by atoms with Crippen molar-refractivity contribution in [2.45, 2.75) is 0 Å². The molecular formula is C9H13N4O3+. The molecule has 0 aromatic carbocycles. The van der Waals surface area contributed by atoms with E-state index < -0.39 is 4.92 Å². The van der Waals surface area contributed by atoms with E-state index in [-0.39, 0.29) is 18.1 Å². The number of rotatable bonds is 4. The van der Waals surface area contributed by atoms with E-state index in [0.29, 0.717) is 5.82 Å². The van der Waals surface area contributed by atoms with Crippen LogP contribution in [0.15, 0.2) is 18.3 Å². The summed E-state index contributed by atoms with van der Waals surface area (Å²) in [7, 11) is 3.12. The standard InChI is InChI=1S/C9H12N4O3/c1-10-8(14)6-12(2)9-7(13(15)16)4-3-5-11-9/h3-5H,6H2,1-2H3,(H,10,14)/p+1. The Kier molecular flexibility index (Phi) is 3.76. The topological polar surface area (TPSA) is 89.6 Å². The molecule has 86 valence electrons. The van der Waals surface area contributed by atoms with Gasteiger partial charge in [-0.05, 0) is 6.07 Å². The highest BCUT2D eigenvalue weighted by Gasteiger charge is 2.25. The number of likely N-dealkylation sites (N-methyl/N-ethyl adjacent to an activating group) is 2. The lowest BCUT2D eigenvalue weighted by Gasteiger charge is -2.09. The molecule has 0 fully saturated rings. The van der Waals surface area contributed by atoms with Gasteiger partial charge in [0, 0.05) is 13.1 Å². The number of nitrogens with zero attached hydrogens (tertiary/aromatic N) is 2. The van der Waals surface area contributed by atoms with Gasteiger partial charge in [-0.25, -0.2) is 9.88 Å². The third kappa shape index (κ3) is 2.66. The van der Waals surface area contributed by atoms with Crippen LogP contribution < -0.4 is 15.2 Å². The molecule has 1 amide bonds. The molecule has 1 rings (SSSR count). The number of carbonyl (C=O) groups is 1. The minimum atomic E-state index is -0.494. The predicted molar refractivity (Wildman–Crippen MR) is 57.0 cm³/mol. The molecule has 0 aliphatic heterocycles. The number of anilines is 1. The number of amides is 1. The van der Waals surface area contributed by atoms with Crippen LogP contribution >= 0.6 is 0 Å². The highest BCUT2D eigenvalue weighted by Crippen LogP contribution is 2.20. The Bertz CT molecular complexity index is 407. The van der Waals surface area contributed by atoms with Crippen LogP contribution in [0.5, 0.6) is 0 Å². The quantitative estimate of drug-likeness (QED) is 0.557. The van der Waals surface area contributed by atoms with Gasteiger partial charge in [0.15, 0.2) is 6.54 Å². The molecule has 1 aromatic rings. The Balaban J connectivity index is 2.94. The molecule has 7 heteroatoms. The number of aromatic nitrogens is 1. The van der Waals surface area contributed by atoms with Gasteiger partial charge in [-0.3, -0.25) is 14.9 Å². The van der Waals surface area contributed by atoms with Gasteiger partial charge in [0.25, 0.3) is 5.91 Å². The zero-order valence-electron chi connectivity index (χ0n) is 9.06. The monoisotopic (exact) mass is 225 g/mol. The van der Waals surface area contributed by atoms with Crippen LogP contribution in [0, 0.1) is 10.1 Å². The Hall–Kier alpha value is -2.18. The van der Waals surface area contributed by atoms with Gasteiger partial charge < -0.3 is 5.32 Å². The zero-order chi connectivity index (χ0) is 12.1. The second-order valence-electron chi connectivity index (χ2n) is 3.19. The van der Waals surface area contributed by atoms with Crippen molar-refractivity contribution < 1.29 is 14.7 Å². The first-order chi connectivity index (χ1) is 7.56. The van der Waals surface area contributed by atoms with E-state index in [9.17, 15) is 14.9 Å². The first kappa shape index (κ1) is 11.9. The van der Waals surface area contributed by atoms with Crippen LogP contribution in [0.3, 0.4) is 0 Å². The summed E-state index contributed by atoms with van der Waals surface area (Å²) in [5.41, 5.74) is -0.0612. The lowest BCUT2D eigenvalue weighted by molar-refractivity contribution is -0.411. The highest BCUT2D eigenvalue weighted by atomic mass is 16.6. The number of carbonyl (C=O) groups excluding carboxylic acids is 1. The van der Waals surface area contributed by atoms with Crippen molar-refractivity contribution in [3.05, 3.63) is 28.4 Å². The van der Waals surface area contributed by atoms with Crippen LogP contribution in [0.1, 0.15) is 0 Å². The predicted octanol–water partition coefficient (Wildman–Crippen LogP) is -0.409. The van der Waals surface area contributed by atoms with E-state index in [1.165, 1.54) is 24.1 Å². The van der Waals surface area contributed by atoms with Gasteiger partial charge in [-0.1, -0.05) is 0 Å². The SMILES string of the molecule is CNC(=O)CN(C)c1[nH+]cccc1[N+](=O)[O-]. The summed E-state index contributed by atoms with van der Waals surface area (Å²) < 4.78 is 0. The van der Waals surface area contributed by atoms with Crippen LogP contribution in [-0.2, 0) is 4.79 Å². The summed E-state index contributed by atoms with van der Waals surface area (Å²) in [4.78, 5) is 25.6. The van der Waals surface area contributed by atoms with Crippen molar-refractivity contribution >= 4 is 17.4 Å². The molecule has 0 saturated heterocycles. The van der Waals surface area contributed by atoms with E-state index in [1.807, 2.05) is 0 Å². The van der Waals surface area contributed by atoms with E-state index in [0.717, 1.165) is 0 Å². The summed E-state index contributed by atoms with van der Waals surface area (Å²) in [6.45, 7) is 0.0534. The molecule has 1 heterocycles. The third-order valence-electron chi connectivity index (χ3n) is 2.05. The summed E-state index contributed by atoms with van der Waals surface area (Å²) in [5.74, 6) is 0.0881. The number of hydrogen-bond acceptors (Lipinski definition) is 4. The second-order valence-corrected chi connectivity index (χ2v) is 3.19. The van der Waals surface area contributed by atoms with E-state index >= 15 is 0 Å². The Morgan fingerprint density at radius 3 is 2.94 bits per heavy atom. The molecule has 0 radical (unpaired) electrons. The maximum Gasteiger partial charge on any atom is 0.357 e. The number of pyridine rings is 1. The number of aromatic amines is 1. The number of hydrogen-bond donors (Lipinski definition) is 1. The van der Waals surface area contributed by atoms with Crippen molar-refractivity contribution in [1.82, 2.24) is 5.32 Å². The van der Waals surface area contributed by atoms with Crippen LogP contribution in [0.25, 0.3) is 0 Å². The summed E-state index contributed by atoms with van der Waals surface area (Å²) in [6, 6.07) is 2.92. The molecule has 0 saturated carbocycles. The maximum absolute atomic E-state index is 11.1. The molecule has 0 aliphatic carbocycles. The first-order valence-electron chi connectivity index (χ1n) is 4.63. The highest BCUT2D eigenvalue weighted by molar-refractivity contribution is 5.80. The van der Waals surface area contributed by atoms with Crippen LogP contribution in [-0.4, -0.2) is 31.5 Å². The Labute approximate surface area is 92.2 Å². The molecule has 0 spiro atoms. The third-order valence-corrected chi connectivity index (χ3v) is 2.05. The van der Waals surface area contributed by atoms with Crippen molar-refractivity contribution in [3.63, 3.8) is 0 Å². The van der Waals surface area contributed by atoms with Gasteiger partial charge in [-0.15, -0.1) is 0 Å². The van der Waals surface area contributed by atoms with Crippen molar-refractivity contribution in [3.8, 4) is 0 Å². The average Bonchev–Trinajstić information content (AvgIpc) is 2.28. The lowest BCUT2D eigenvalue weighted by atomic mass is 10.3. The minimum absolute atomic E-state index is 0.0534. The number of H-pyrrole nitrogens is 1. The van der Waals surface area contributed by atoms with E-state index in [4.69, 9.17) is 0 Å². The lowest BCUT2D eigenvalue weighted by Crippen LogP contribution is -2.36. The summed E-state index contributed by atoms with van der Waals surface area (Å²) in [6.07, 6.45) is 1.57. The van der Waals surface area contributed by atoms with Crippen molar-refractivity contribution in [1.29, 1.82) is 0 Å². The van der Waals surface area contributed by atoms with Gasteiger partial charge in [0.2, 0.25) is 0 Å². The van der Waals surface area contributed by atoms with Gasteiger partial charge in [0.05, 0.1) is 18.2 Å². The van der Waals surface area contributed by atoms with Crippen molar-refractivity contribution in [2.75, 3.05) is 25.5 Å². The molecule has 7 nitrogen and oxygen atoms in total. The largest absolute Gasteiger partial charge is 0.357 e. The molecule has 1 aromatic heterocycles. The number of nitrogens with one attached hydrogen (secondary N) is 2. The molecule has 0 unspecified atom stereocenters. The van der Waals surface area contributed by atoms with E-state index in [1.54, 1.807) is 13.2 Å². The minimum Gasteiger partial charge on any atom is -0.356 e. The first-order valence-corrected chi connectivity index (χ1v) is 4.63. The fourth-order valence-corrected chi connectivity index (χ4v) is 1.25. The van der Waals surface area contributed by atoms with Gasteiger partial charge in [0.1, 0.15) is 0 Å². The van der Waals surface area contributed by atoms with Gasteiger partial charge >= 0.3 is 11.5 Å². The molecule has 0 atom stereocenters. The Morgan fingerprint density at radius 1 is 1.69 bits per heavy atom. The fourth-order valence-electron chi connectivity index (χ4n) is 1.25. The average molecular weight is 225 g/mol.